The Labute approximate surface area is 180 Å². The van der Waals surface area contributed by atoms with Crippen molar-refractivity contribution < 1.29 is 9.18 Å². The molecule has 1 aromatic heterocycles. The molecule has 2 atom stereocenters. The van der Waals surface area contributed by atoms with Gasteiger partial charge in [0.2, 0.25) is 0 Å². The molecule has 2 aromatic rings. The smallest absolute Gasteiger partial charge is 0.325 e. The summed E-state index contributed by atoms with van der Waals surface area (Å²) >= 11 is 0. The molecule has 2 amide bonds. The van der Waals surface area contributed by atoms with Crippen LogP contribution in [0.5, 0.6) is 0 Å². The van der Waals surface area contributed by atoms with E-state index in [2.05, 4.69) is 27.1 Å². The summed E-state index contributed by atoms with van der Waals surface area (Å²) in [5, 5.41) is 2.98. The molecule has 0 saturated carbocycles. The van der Waals surface area contributed by atoms with Gasteiger partial charge >= 0.3 is 6.03 Å². The van der Waals surface area contributed by atoms with Gasteiger partial charge in [0, 0.05) is 43.3 Å². The van der Waals surface area contributed by atoms with Gasteiger partial charge in [0.25, 0.3) is 0 Å². The number of nitrogens with one attached hydrogen (secondary N) is 1. The molecule has 160 valence electrons. The first-order chi connectivity index (χ1) is 15.0. The number of hydrogen-bond donors (Lipinski definition) is 1. The first kappa shape index (κ1) is 19.6. The minimum atomic E-state index is -0.306. The van der Waals surface area contributed by atoms with Crippen LogP contribution in [0.2, 0.25) is 0 Å². The van der Waals surface area contributed by atoms with Crippen molar-refractivity contribution in [3.63, 3.8) is 0 Å². The van der Waals surface area contributed by atoms with Gasteiger partial charge in [-0.15, -0.1) is 0 Å². The van der Waals surface area contributed by atoms with E-state index in [1.54, 1.807) is 29.4 Å². The molecule has 9 heteroatoms. The molecule has 1 N–H and O–H groups in total. The Morgan fingerprint density at radius 1 is 1.23 bits per heavy atom. The standard InChI is InChI=1S/C22H24FN7O/c1-14-4-5-16(23)8-18(14)29-12-20-26-21(27-22(31)30(20)13-29)17-10-28(9-15(17)2)11-19-24-6-3-7-25-19/h3-8,12,15,17H,9-11,13H2,1-2H3,(H,26,27,31). The number of anilines is 1. The summed E-state index contributed by atoms with van der Waals surface area (Å²) in [5.41, 5.74) is 1.67. The van der Waals surface area contributed by atoms with Crippen molar-refractivity contribution in [1.29, 1.82) is 0 Å². The van der Waals surface area contributed by atoms with Crippen molar-refractivity contribution >= 4 is 17.6 Å². The molecule has 1 aromatic carbocycles. The number of aryl methyl sites for hydroxylation is 1. The van der Waals surface area contributed by atoms with E-state index in [0.29, 0.717) is 30.8 Å². The van der Waals surface area contributed by atoms with E-state index in [0.717, 1.165) is 30.2 Å². The number of urea groups is 1. The number of fused-ring (bicyclic) bond motifs is 1. The minimum Gasteiger partial charge on any atom is -0.325 e. The molecule has 1 fully saturated rings. The maximum atomic E-state index is 13.8. The quantitative estimate of drug-likeness (QED) is 0.822. The number of likely N-dealkylation sites (tertiary alicyclic amines) is 1. The lowest BCUT2D eigenvalue weighted by molar-refractivity contribution is 0.216. The van der Waals surface area contributed by atoms with Gasteiger partial charge in [-0.1, -0.05) is 13.0 Å². The van der Waals surface area contributed by atoms with Crippen molar-refractivity contribution in [1.82, 2.24) is 25.1 Å². The number of halogens is 1. The third-order valence-electron chi connectivity index (χ3n) is 6.06. The number of carbonyl (C=O) groups is 1. The molecule has 2 unspecified atom stereocenters. The molecule has 4 heterocycles. The van der Waals surface area contributed by atoms with E-state index in [4.69, 9.17) is 4.99 Å². The Morgan fingerprint density at radius 3 is 2.84 bits per heavy atom. The predicted octanol–water partition coefficient (Wildman–Crippen LogP) is 2.69. The van der Waals surface area contributed by atoms with Crippen LogP contribution in [0.15, 0.2) is 53.7 Å². The maximum Gasteiger partial charge on any atom is 0.329 e. The number of amidine groups is 1. The highest BCUT2D eigenvalue weighted by Crippen LogP contribution is 2.31. The summed E-state index contributed by atoms with van der Waals surface area (Å²) < 4.78 is 13.8. The number of benzene rings is 1. The van der Waals surface area contributed by atoms with Gasteiger partial charge in [-0.2, -0.15) is 0 Å². The van der Waals surface area contributed by atoms with Crippen LogP contribution < -0.4 is 10.2 Å². The van der Waals surface area contributed by atoms with Crippen LogP contribution in [-0.2, 0) is 6.54 Å². The van der Waals surface area contributed by atoms with Gasteiger partial charge in [-0.3, -0.25) is 15.1 Å². The lowest BCUT2D eigenvalue weighted by Gasteiger charge is -2.28. The van der Waals surface area contributed by atoms with E-state index in [-0.39, 0.29) is 17.8 Å². The lowest BCUT2D eigenvalue weighted by Crippen LogP contribution is -2.49. The average molecular weight is 421 g/mol. The molecule has 3 aliphatic rings. The zero-order valence-corrected chi connectivity index (χ0v) is 17.5. The number of rotatable bonds is 4. The van der Waals surface area contributed by atoms with E-state index in [9.17, 15) is 9.18 Å². The van der Waals surface area contributed by atoms with Crippen LogP contribution in [0.1, 0.15) is 18.3 Å². The topological polar surface area (TPSA) is 77.0 Å². The SMILES string of the molecule is Cc1ccc(F)cc1N1C=C2N=C(C3CN(Cc4ncccn4)CC3C)NC(=O)N2C1. The fourth-order valence-corrected chi connectivity index (χ4v) is 4.44. The Morgan fingerprint density at radius 2 is 2.03 bits per heavy atom. The van der Waals surface area contributed by atoms with Gasteiger partial charge in [0.1, 0.15) is 24.1 Å². The molecule has 3 aliphatic heterocycles. The number of aromatic nitrogens is 2. The maximum absolute atomic E-state index is 13.8. The molecule has 0 radical (unpaired) electrons. The fourth-order valence-electron chi connectivity index (χ4n) is 4.44. The number of nitrogens with zero attached hydrogens (tertiary/aromatic N) is 6. The Bertz CT molecular complexity index is 1070. The number of hydrogen-bond acceptors (Lipinski definition) is 6. The van der Waals surface area contributed by atoms with Crippen molar-refractivity contribution in [3.8, 4) is 0 Å². The van der Waals surface area contributed by atoms with Crippen LogP contribution in [0, 0.1) is 24.6 Å². The number of aliphatic imine (C=N–C) groups is 1. The number of carbonyl (C=O) groups excluding carboxylic acids is 1. The van der Waals surface area contributed by atoms with Crippen LogP contribution in [0.25, 0.3) is 0 Å². The summed E-state index contributed by atoms with van der Waals surface area (Å²) in [4.78, 5) is 31.9. The first-order valence-corrected chi connectivity index (χ1v) is 10.4. The second-order valence-electron chi connectivity index (χ2n) is 8.33. The van der Waals surface area contributed by atoms with Crippen molar-refractivity contribution in [2.75, 3.05) is 24.7 Å². The number of amides is 2. The lowest BCUT2D eigenvalue weighted by atomic mass is 9.96. The van der Waals surface area contributed by atoms with Gasteiger partial charge in [-0.25, -0.2) is 24.1 Å². The molecule has 8 nitrogen and oxygen atoms in total. The minimum absolute atomic E-state index is 0.112. The average Bonchev–Trinajstić information content (AvgIpc) is 3.34. The third-order valence-corrected chi connectivity index (χ3v) is 6.06. The zero-order chi connectivity index (χ0) is 21.5. The Hall–Kier alpha value is -3.33. The molecular formula is C22H24FN7O. The summed E-state index contributed by atoms with van der Waals surface area (Å²) in [6, 6.07) is 6.26. The van der Waals surface area contributed by atoms with Crippen molar-refractivity contribution in [2.45, 2.75) is 20.4 Å². The summed E-state index contributed by atoms with van der Waals surface area (Å²) in [5.74, 6) is 2.20. The van der Waals surface area contributed by atoms with E-state index >= 15 is 0 Å². The monoisotopic (exact) mass is 421 g/mol. The Balaban J connectivity index is 1.36. The fraction of sp³-hybridized carbons (Fsp3) is 0.364. The van der Waals surface area contributed by atoms with Gasteiger partial charge < -0.3 is 4.90 Å². The highest BCUT2D eigenvalue weighted by molar-refractivity contribution is 6.02. The second-order valence-corrected chi connectivity index (χ2v) is 8.33. The van der Waals surface area contributed by atoms with Crippen LogP contribution in [0.4, 0.5) is 14.9 Å². The van der Waals surface area contributed by atoms with Crippen LogP contribution in [-0.4, -0.2) is 51.4 Å². The molecule has 1 saturated heterocycles. The summed E-state index contributed by atoms with van der Waals surface area (Å²) in [6.07, 6.45) is 5.31. The van der Waals surface area contributed by atoms with E-state index < -0.39 is 0 Å². The third kappa shape index (κ3) is 3.76. The highest BCUT2D eigenvalue weighted by atomic mass is 19.1. The summed E-state index contributed by atoms with van der Waals surface area (Å²) in [6.45, 7) is 6.73. The van der Waals surface area contributed by atoms with E-state index in [1.165, 1.54) is 12.1 Å². The van der Waals surface area contributed by atoms with Crippen LogP contribution in [0.3, 0.4) is 0 Å². The Kier molecular flexibility index (Phi) is 4.90. The molecule has 0 bridgehead atoms. The molecular weight excluding hydrogens is 397 g/mol. The van der Waals surface area contributed by atoms with Crippen molar-refractivity contribution in [2.24, 2.45) is 16.8 Å². The zero-order valence-electron chi connectivity index (χ0n) is 17.5. The van der Waals surface area contributed by atoms with Crippen LogP contribution >= 0.6 is 0 Å². The normalized spacial score (nSPS) is 23.5. The molecule has 0 spiro atoms. The second kappa shape index (κ2) is 7.73. The summed E-state index contributed by atoms with van der Waals surface area (Å²) in [7, 11) is 0. The van der Waals surface area contributed by atoms with Gasteiger partial charge in [-0.05, 0) is 36.6 Å². The van der Waals surface area contributed by atoms with Gasteiger partial charge in [0.15, 0.2) is 5.82 Å². The molecule has 0 aliphatic carbocycles. The predicted molar refractivity (Wildman–Crippen MR) is 114 cm³/mol. The van der Waals surface area contributed by atoms with Gasteiger partial charge in [0.05, 0.1) is 6.54 Å². The first-order valence-electron chi connectivity index (χ1n) is 10.4. The molecule has 31 heavy (non-hydrogen) atoms. The van der Waals surface area contributed by atoms with Crippen molar-refractivity contribution in [3.05, 3.63) is 65.9 Å². The highest BCUT2D eigenvalue weighted by Gasteiger charge is 2.39. The van der Waals surface area contributed by atoms with E-state index in [1.807, 2.05) is 18.0 Å². The largest absolute Gasteiger partial charge is 0.329 e. The molecule has 5 rings (SSSR count).